The molecule has 0 spiro atoms. The lowest BCUT2D eigenvalue weighted by Gasteiger charge is -2.32. The van der Waals surface area contributed by atoms with Crippen LogP contribution in [0.5, 0.6) is 5.75 Å². The van der Waals surface area contributed by atoms with Crippen molar-refractivity contribution < 1.29 is 17.9 Å². The van der Waals surface area contributed by atoms with Crippen molar-refractivity contribution in [3.05, 3.63) is 23.8 Å². The Labute approximate surface area is 181 Å². The zero-order valence-corrected chi connectivity index (χ0v) is 19.2. The molecule has 1 saturated heterocycles. The molecule has 2 fully saturated rings. The van der Waals surface area contributed by atoms with Crippen molar-refractivity contribution in [1.82, 2.24) is 9.62 Å². The van der Waals surface area contributed by atoms with Crippen molar-refractivity contribution in [3.8, 4) is 5.75 Å². The Hall–Kier alpha value is -1.60. The summed E-state index contributed by atoms with van der Waals surface area (Å²) in [4.78, 5) is 13.2. The molecule has 30 heavy (non-hydrogen) atoms. The third kappa shape index (κ3) is 5.76. The maximum absolute atomic E-state index is 13.2. The number of sulfonamides is 1. The predicted molar refractivity (Wildman–Crippen MR) is 118 cm³/mol. The van der Waals surface area contributed by atoms with Crippen molar-refractivity contribution in [3.63, 3.8) is 0 Å². The molecule has 1 aromatic carbocycles. The van der Waals surface area contributed by atoms with Crippen LogP contribution in [-0.2, 0) is 14.8 Å². The third-order valence-corrected chi connectivity index (χ3v) is 8.15. The fourth-order valence-electron chi connectivity index (χ4n) is 4.54. The molecule has 6 nitrogen and oxygen atoms in total. The van der Waals surface area contributed by atoms with Crippen LogP contribution < -0.4 is 10.1 Å². The molecule has 1 amide bonds. The molecule has 0 aromatic heterocycles. The van der Waals surface area contributed by atoms with Crippen molar-refractivity contribution in [2.24, 2.45) is 5.92 Å². The van der Waals surface area contributed by atoms with Gasteiger partial charge in [0.25, 0.3) is 0 Å². The minimum Gasteiger partial charge on any atom is -0.494 e. The number of nitrogens with one attached hydrogen (secondary N) is 1. The molecule has 0 unspecified atom stereocenters. The number of nitrogens with zero attached hydrogens (tertiary/aromatic N) is 1. The maximum Gasteiger partial charge on any atom is 0.243 e. The van der Waals surface area contributed by atoms with Gasteiger partial charge >= 0.3 is 0 Å². The SMILES string of the molecule is CCOc1ccc(S(=O)(=O)N2CCC[C@H](C(=O)NC3CCCCCCC3)C2)cc1C. The van der Waals surface area contributed by atoms with E-state index < -0.39 is 10.0 Å². The van der Waals surface area contributed by atoms with Gasteiger partial charge in [-0.1, -0.05) is 32.1 Å². The number of hydrogen-bond acceptors (Lipinski definition) is 4. The molecule has 1 saturated carbocycles. The lowest BCUT2D eigenvalue weighted by molar-refractivity contribution is -0.126. The van der Waals surface area contributed by atoms with E-state index in [2.05, 4.69) is 5.32 Å². The van der Waals surface area contributed by atoms with E-state index in [9.17, 15) is 13.2 Å². The second-order valence-corrected chi connectivity index (χ2v) is 10.6. The van der Waals surface area contributed by atoms with Gasteiger partial charge in [0.15, 0.2) is 0 Å². The summed E-state index contributed by atoms with van der Waals surface area (Å²) >= 11 is 0. The van der Waals surface area contributed by atoms with E-state index in [0.29, 0.717) is 25.3 Å². The molecule has 1 atom stereocenters. The summed E-state index contributed by atoms with van der Waals surface area (Å²) in [6, 6.07) is 5.22. The maximum atomic E-state index is 13.2. The van der Waals surface area contributed by atoms with Gasteiger partial charge in [0.1, 0.15) is 5.75 Å². The van der Waals surface area contributed by atoms with Gasteiger partial charge in [-0.15, -0.1) is 0 Å². The molecule has 1 N–H and O–H groups in total. The molecular formula is C23H36N2O4S. The van der Waals surface area contributed by atoms with E-state index in [0.717, 1.165) is 37.7 Å². The lowest BCUT2D eigenvalue weighted by atomic mass is 9.94. The average molecular weight is 437 g/mol. The molecule has 0 radical (unpaired) electrons. The third-order valence-electron chi connectivity index (χ3n) is 6.29. The Kier molecular flexibility index (Phi) is 8.17. The Morgan fingerprint density at radius 2 is 1.80 bits per heavy atom. The minimum absolute atomic E-state index is 0.0170. The zero-order valence-electron chi connectivity index (χ0n) is 18.4. The number of hydrogen-bond donors (Lipinski definition) is 1. The fourth-order valence-corrected chi connectivity index (χ4v) is 6.15. The van der Waals surface area contributed by atoms with Crippen LogP contribution in [0.15, 0.2) is 23.1 Å². The Morgan fingerprint density at radius 1 is 1.10 bits per heavy atom. The first-order valence-electron chi connectivity index (χ1n) is 11.5. The lowest BCUT2D eigenvalue weighted by Crippen LogP contribution is -2.47. The van der Waals surface area contributed by atoms with Crippen LogP contribution in [0.25, 0.3) is 0 Å². The first-order valence-corrected chi connectivity index (χ1v) is 12.9. The summed E-state index contributed by atoms with van der Waals surface area (Å²) in [5.74, 6) is 0.442. The first kappa shape index (κ1) is 23.1. The highest BCUT2D eigenvalue weighted by atomic mass is 32.2. The van der Waals surface area contributed by atoms with Crippen molar-refractivity contribution >= 4 is 15.9 Å². The number of carbonyl (C=O) groups is 1. The quantitative estimate of drug-likeness (QED) is 0.731. The minimum atomic E-state index is -3.63. The fraction of sp³-hybridized carbons (Fsp3) is 0.696. The molecule has 0 bridgehead atoms. The topological polar surface area (TPSA) is 75.7 Å². The molecule has 3 rings (SSSR count). The monoisotopic (exact) mass is 436 g/mol. The number of ether oxygens (including phenoxy) is 1. The first-order chi connectivity index (χ1) is 14.4. The normalized spacial score (nSPS) is 22.1. The summed E-state index contributed by atoms with van der Waals surface area (Å²) in [6.07, 6.45) is 9.61. The number of rotatable bonds is 6. The van der Waals surface area contributed by atoms with Gasteiger partial charge < -0.3 is 10.1 Å². The van der Waals surface area contributed by atoms with Crippen LogP contribution in [-0.4, -0.2) is 44.4 Å². The van der Waals surface area contributed by atoms with Gasteiger partial charge in [-0.25, -0.2) is 8.42 Å². The summed E-state index contributed by atoms with van der Waals surface area (Å²) in [7, 11) is -3.63. The number of aryl methyl sites for hydroxylation is 1. The second-order valence-electron chi connectivity index (χ2n) is 8.61. The molecule has 7 heteroatoms. The molecule has 1 aliphatic carbocycles. The standard InChI is InChI=1S/C23H36N2O4S/c1-3-29-22-14-13-21(16-18(22)2)30(27,28)25-15-9-10-19(17-25)23(26)24-20-11-7-5-4-6-8-12-20/h13-14,16,19-20H,3-12,15,17H2,1-2H3,(H,24,26)/t19-/m0/s1. The van der Waals surface area contributed by atoms with E-state index in [4.69, 9.17) is 4.74 Å². The summed E-state index contributed by atoms with van der Waals surface area (Å²) in [6.45, 7) is 5.01. The highest BCUT2D eigenvalue weighted by Crippen LogP contribution is 2.28. The van der Waals surface area contributed by atoms with Crippen molar-refractivity contribution in [1.29, 1.82) is 0 Å². The predicted octanol–water partition coefficient (Wildman–Crippen LogP) is 4.02. The number of benzene rings is 1. The van der Waals surface area contributed by atoms with Gasteiger partial charge in [0.2, 0.25) is 15.9 Å². The molecule has 1 heterocycles. The molecule has 1 aliphatic heterocycles. The van der Waals surface area contributed by atoms with Crippen LogP contribution >= 0.6 is 0 Å². The Balaban J connectivity index is 1.65. The molecule has 1 aromatic rings. The summed E-state index contributed by atoms with van der Waals surface area (Å²) < 4.78 is 33.4. The van der Waals surface area contributed by atoms with Crippen LogP contribution in [0.4, 0.5) is 0 Å². The number of amides is 1. The van der Waals surface area contributed by atoms with Crippen molar-refractivity contribution in [2.75, 3.05) is 19.7 Å². The van der Waals surface area contributed by atoms with Gasteiger partial charge in [0.05, 0.1) is 17.4 Å². The number of carbonyl (C=O) groups excluding carboxylic acids is 1. The van der Waals surface area contributed by atoms with Gasteiger partial charge in [-0.2, -0.15) is 4.31 Å². The van der Waals surface area contributed by atoms with E-state index >= 15 is 0 Å². The average Bonchev–Trinajstić information content (AvgIpc) is 2.71. The summed E-state index contributed by atoms with van der Waals surface area (Å²) in [5.41, 5.74) is 0.800. The van der Waals surface area contributed by atoms with Crippen LogP contribution in [0.2, 0.25) is 0 Å². The van der Waals surface area contributed by atoms with Crippen molar-refractivity contribution in [2.45, 2.75) is 82.6 Å². The molecule has 168 valence electrons. The highest BCUT2D eigenvalue weighted by Gasteiger charge is 2.34. The van der Waals surface area contributed by atoms with Gasteiger partial charge in [0, 0.05) is 19.1 Å². The van der Waals surface area contributed by atoms with Gasteiger partial charge in [-0.05, 0) is 63.3 Å². The van der Waals surface area contributed by atoms with E-state index in [-0.39, 0.29) is 29.3 Å². The van der Waals surface area contributed by atoms with Crippen LogP contribution in [0.3, 0.4) is 0 Å². The molecular weight excluding hydrogens is 400 g/mol. The Morgan fingerprint density at radius 3 is 2.47 bits per heavy atom. The van der Waals surface area contributed by atoms with E-state index in [1.807, 2.05) is 13.8 Å². The van der Waals surface area contributed by atoms with Crippen LogP contribution in [0, 0.1) is 12.8 Å². The zero-order chi connectivity index (χ0) is 21.6. The Bertz CT molecular complexity index is 816. The second kappa shape index (κ2) is 10.6. The summed E-state index contributed by atoms with van der Waals surface area (Å²) in [5, 5.41) is 3.22. The van der Waals surface area contributed by atoms with E-state index in [1.165, 1.54) is 23.6 Å². The largest absolute Gasteiger partial charge is 0.494 e. The van der Waals surface area contributed by atoms with Crippen LogP contribution in [0.1, 0.15) is 70.3 Å². The van der Waals surface area contributed by atoms with E-state index in [1.54, 1.807) is 18.2 Å². The smallest absolute Gasteiger partial charge is 0.243 e. The van der Waals surface area contributed by atoms with Gasteiger partial charge in [-0.3, -0.25) is 4.79 Å². The molecule has 2 aliphatic rings. The number of piperidine rings is 1. The highest BCUT2D eigenvalue weighted by molar-refractivity contribution is 7.89.